The minimum absolute atomic E-state index is 0.964. The smallest absolute Gasteiger partial charge is 0.0474 e. The normalized spacial score (nSPS) is 10.4. The average molecular weight is 160 g/mol. The number of nitrogens with one attached hydrogen (secondary N) is 2. The average Bonchev–Trinajstić information content (AvgIpc) is 2.51. The Hall–Kier alpha value is -1.44. The van der Waals surface area contributed by atoms with Gasteiger partial charge in [0.1, 0.15) is 0 Å². The van der Waals surface area contributed by atoms with E-state index in [9.17, 15) is 0 Å². The molecule has 0 fully saturated rings. The van der Waals surface area contributed by atoms with Crippen LogP contribution in [0.15, 0.2) is 30.5 Å². The van der Waals surface area contributed by atoms with Gasteiger partial charge in [-0.2, -0.15) is 0 Å². The molecule has 0 aliphatic heterocycles. The van der Waals surface area contributed by atoms with Gasteiger partial charge in [-0.1, -0.05) is 6.07 Å². The second kappa shape index (κ2) is 2.89. The van der Waals surface area contributed by atoms with Crippen molar-refractivity contribution in [2.45, 2.75) is 6.92 Å². The third-order valence-electron chi connectivity index (χ3n) is 1.94. The quantitative estimate of drug-likeness (QED) is 0.694. The van der Waals surface area contributed by atoms with Gasteiger partial charge in [0.2, 0.25) is 0 Å². The highest BCUT2D eigenvalue weighted by molar-refractivity contribution is 5.82. The van der Waals surface area contributed by atoms with Crippen LogP contribution in [0.1, 0.15) is 6.92 Å². The van der Waals surface area contributed by atoms with Crippen LogP contribution in [0, 0.1) is 0 Å². The van der Waals surface area contributed by atoms with E-state index in [1.54, 1.807) is 0 Å². The summed E-state index contributed by atoms with van der Waals surface area (Å²) in [5, 5.41) is 4.53. The number of benzene rings is 1. The molecule has 0 saturated heterocycles. The largest absolute Gasteiger partial charge is 0.385 e. The van der Waals surface area contributed by atoms with Gasteiger partial charge >= 0.3 is 0 Å². The van der Waals surface area contributed by atoms with E-state index in [1.165, 1.54) is 16.6 Å². The lowest BCUT2D eigenvalue weighted by molar-refractivity contribution is 1.21. The molecule has 0 saturated carbocycles. The standard InChI is InChI=1S/C10H12N2/c1-2-11-9-4-3-8-5-6-12-10(8)7-9/h3-7,11-12H,2H2,1H3. The predicted molar refractivity (Wildman–Crippen MR) is 52.5 cm³/mol. The summed E-state index contributed by atoms with van der Waals surface area (Å²) in [6, 6.07) is 8.41. The Balaban J connectivity index is 2.46. The summed E-state index contributed by atoms with van der Waals surface area (Å²) in [5.74, 6) is 0. The van der Waals surface area contributed by atoms with Gasteiger partial charge < -0.3 is 10.3 Å². The first-order valence-corrected chi connectivity index (χ1v) is 4.21. The van der Waals surface area contributed by atoms with Gasteiger partial charge in [-0.15, -0.1) is 0 Å². The molecule has 1 aromatic heterocycles. The molecule has 62 valence electrons. The fourth-order valence-electron chi connectivity index (χ4n) is 1.36. The maximum absolute atomic E-state index is 3.27. The highest BCUT2D eigenvalue weighted by Crippen LogP contribution is 2.16. The van der Waals surface area contributed by atoms with E-state index in [1.807, 2.05) is 6.20 Å². The molecule has 0 aliphatic carbocycles. The van der Waals surface area contributed by atoms with Gasteiger partial charge in [-0.3, -0.25) is 0 Å². The van der Waals surface area contributed by atoms with E-state index in [0.29, 0.717) is 0 Å². The SMILES string of the molecule is CCNc1ccc2cc[nH]c2c1. The number of fused-ring (bicyclic) bond motifs is 1. The number of anilines is 1. The Kier molecular flexibility index (Phi) is 1.74. The van der Waals surface area contributed by atoms with Crippen molar-refractivity contribution in [2.24, 2.45) is 0 Å². The van der Waals surface area contributed by atoms with Crippen molar-refractivity contribution in [1.29, 1.82) is 0 Å². The Morgan fingerprint density at radius 3 is 3.08 bits per heavy atom. The van der Waals surface area contributed by atoms with Gasteiger partial charge in [0, 0.05) is 23.9 Å². The van der Waals surface area contributed by atoms with Crippen molar-refractivity contribution in [1.82, 2.24) is 4.98 Å². The third-order valence-corrected chi connectivity index (χ3v) is 1.94. The number of rotatable bonds is 2. The lowest BCUT2D eigenvalue weighted by Crippen LogP contribution is -1.95. The number of hydrogen-bond acceptors (Lipinski definition) is 1. The highest BCUT2D eigenvalue weighted by Gasteiger charge is 1.94. The summed E-state index contributed by atoms with van der Waals surface area (Å²) in [4.78, 5) is 3.18. The molecule has 0 unspecified atom stereocenters. The first kappa shape index (κ1) is 7.22. The van der Waals surface area contributed by atoms with Crippen LogP contribution < -0.4 is 5.32 Å². The lowest BCUT2D eigenvalue weighted by atomic mass is 10.2. The number of aromatic amines is 1. The fraction of sp³-hybridized carbons (Fsp3) is 0.200. The molecule has 12 heavy (non-hydrogen) atoms. The zero-order valence-electron chi connectivity index (χ0n) is 7.09. The molecule has 2 nitrogen and oxygen atoms in total. The summed E-state index contributed by atoms with van der Waals surface area (Å²) in [6.07, 6.45) is 1.96. The summed E-state index contributed by atoms with van der Waals surface area (Å²) in [5.41, 5.74) is 2.36. The van der Waals surface area contributed by atoms with Crippen LogP contribution in [-0.2, 0) is 0 Å². The molecule has 2 heteroatoms. The first-order chi connectivity index (χ1) is 5.90. The molecular weight excluding hydrogens is 148 g/mol. The van der Waals surface area contributed by atoms with Crippen molar-refractivity contribution >= 4 is 16.6 Å². The van der Waals surface area contributed by atoms with Gasteiger partial charge in [0.05, 0.1) is 0 Å². The number of hydrogen-bond donors (Lipinski definition) is 2. The Morgan fingerprint density at radius 1 is 1.33 bits per heavy atom. The van der Waals surface area contributed by atoms with E-state index in [0.717, 1.165) is 6.54 Å². The third kappa shape index (κ3) is 1.16. The molecule has 0 bridgehead atoms. The first-order valence-electron chi connectivity index (χ1n) is 4.21. The second-order valence-electron chi connectivity index (χ2n) is 2.81. The number of aromatic nitrogens is 1. The summed E-state index contributed by atoms with van der Waals surface area (Å²) < 4.78 is 0. The second-order valence-corrected chi connectivity index (χ2v) is 2.81. The predicted octanol–water partition coefficient (Wildman–Crippen LogP) is 2.60. The molecule has 2 rings (SSSR count). The molecule has 0 radical (unpaired) electrons. The highest BCUT2D eigenvalue weighted by atomic mass is 14.9. The molecule has 1 aromatic carbocycles. The minimum atomic E-state index is 0.964. The molecule has 1 heterocycles. The van der Waals surface area contributed by atoms with Gasteiger partial charge in [0.15, 0.2) is 0 Å². The zero-order valence-corrected chi connectivity index (χ0v) is 7.09. The summed E-state index contributed by atoms with van der Waals surface area (Å²) in [7, 11) is 0. The van der Waals surface area contributed by atoms with Crippen LogP contribution in [-0.4, -0.2) is 11.5 Å². The summed E-state index contributed by atoms with van der Waals surface area (Å²) in [6.45, 7) is 3.06. The molecule has 0 amide bonds. The van der Waals surface area contributed by atoms with E-state index >= 15 is 0 Å². The molecule has 0 atom stereocenters. The van der Waals surface area contributed by atoms with E-state index < -0.39 is 0 Å². The van der Waals surface area contributed by atoms with E-state index in [-0.39, 0.29) is 0 Å². The fourth-order valence-corrected chi connectivity index (χ4v) is 1.36. The Labute approximate surface area is 71.6 Å². The maximum Gasteiger partial charge on any atom is 0.0474 e. The molecule has 0 spiro atoms. The Morgan fingerprint density at radius 2 is 2.25 bits per heavy atom. The van der Waals surface area contributed by atoms with Crippen LogP contribution in [0.3, 0.4) is 0 Å². The van der Waals surface area contributed by atoms with Crippen molar-refractivity contribution in [3.05, 3.63) is 30.5 Å². The van der Waals surface area contributed by atoms with E-state index in [4.69, 9.17) is 0 Å². The van der Waals surface area contributed by atoms with Gasteiger partial charge in [-0.05, 0) is 30.5 Å². The molecule has 2 N–H and O–H groups in total. The molecule has 2 aromatic rings. The van der Waals surface area contributed by atoms with Crippen LogP contribution in [0.25, 0.3) is 10.9 Å². The maximum atomic E-state index is 3.27. The zero-order chi connectivity index (χ0) is 8.39. The van der Waals surface area contributed by atoms with Crippen LogP contribution in [0.2, 0.25) is 0 Å². The van der Waals surface area contributed by atoms with Gasteiger partial charge in [-0.25, -0.2) is 0 Å². The van der Waals surface area contributed by atoms with Crippen LogP contribution >= 0.6 is 0 Å². The van der Waals surface area contributed by atoms with Crippen molar-refractivity contribution in [3.8, 4) is 0 Å². The molecular formula is C10H12N2. The van der Waals surface area contributed by atoms with Crippen molar-refractivity contribution in [2.75, 3.05) is 11.9 Å². The van der Waals surface area contributed by atoms with Gasteiger partial charge in [0.25, 0.3) is 0 Å². The van der Waals surface area contributed by atoms with Crippen molar-refractivity contribution < 1.29 is 0 Å². The molecule has 0 aliphatic rings. The van der Waals surface area contributed by atoms with Crippen LogP contribution in [0.4, 0.5) is 5.69 Å². The van der Waals surface area contributed by atoms with Crippen molar-refractivity contribution in [3.63, 3.8) is 0 Å². The Bertz CT molecular complexity index is 376. The number of H-pyrrole nitrogens is 1. The van der Waals surface area contributed by atoms with Crippen LogP contribution in [0.5, 0.6) is 0 Å². The topological polar surface area (TPSA) is 27.8 Å². The van der Waals surface area contributed by atoms with E-state index in [2.05, 4.69) is 41.5 Å². The summed E-state index contributed by atoms with van der Waals surface area (Å²) >= 11 is 0. The monoisotopic (exact) mass is 160 g/mol. The minimum Gasteiger partial charge on any atom is -0.385 e. The lowest BCUT2D eigenvalue weighted by Gasteiger charge is -2.01.